The van der Waals surface area contributed by atoms with Crippen LogP contribution in [0.15, 0.2) is 29.2 Å². The van der Waals surface area contributed by atoms with Crippen molar-refractivity contribution in [1.29, 1.82) is 0 Å². The maximum atomic E-state index is 12.5. The van der Waals surface area contributed by atoms with Crippen LogP contribution in [0.4, 0.5) is 8.78 Å². The maximum absolute atomic E-state index is 12.5. The van der Waals surface area contributed by atoms with E-state index in [9.17, 15) is 22.0 Å². The highest BCUT2D eigenvalue weighted by Crippen LogP contribution is 2.38. The second-order valence-corrected chi connectivity index (χ2v) is 8.52. The minimum absolute atomic E-state index is 0.0216. The summed E-state index contributed by atoms with van der Waals surface area (Å²) in [5, 5.41) is 2.76. The average molecular weight is 389 g/mol. The average Bonchev–Trinajstić information content (AvgIpc) is 3.23. The van der Waals surface area contributed by atoms with Crippen molar-refractivity contribution in [1.82, 2.24) is 5.32 Å². The fourth-order valence-corrected chi connectivity index (χ4v) is 3.99. The second-order valence-electron chi connectivity index (χ2n) is 6.60. The van der Waals surface area contributed by atoms with Crippen LogP contribution in [0.1, 0.15) is 31.2 Å². The van der Waals surface area contributed by atoms with Gasteiger partial charge in [-0.1, -0.05) is 12.1 Å². The third-order valence-electron chi connectivity index (χ3n) is 4.66. The van der Waals surface area contributed by atoms with E-state index >= 15 is 0 Å². The fourth-order valence-electron chi connectivity index (χ4n) is 3.27. The Morgan fingerprint density at radius 2 is 1.88 bits per heavy atom. The van der Waals surface area contributed by atoms with Gasteiger partial charge in [-0.15, -0.1) is 0 Å². The summed E-state index contributed by atoms with van der Waals surface area (Å²) in [6.45, 7) is 0.777. The van der Waals surface area contributed by atoms with Crippen LogP contribution in [0.25, 0.3) is 0 Å². The van der Waals surface area contributed by atoms with Crippen molar-refractivity contribution < 1.29 is 31.5 Å². The molecule has 9 heteroatoms. The van der Waals surface area contributed by atoms with E-state index in [0.29, 0.717) is 18.7 Å². The molecule has 1 aromatic rings. The van der Waals surface area contributed by atoms with E-state index in [4.69, 9.17) is 9.47 Å². The first-order chi connectivity index (χ1) is 12.3. The van der Waals surface area contributed by atoms with Gasteiger partial charge in [-0.05, 0) is 30.5 Å². The van der Waals surface area contributed by atoms with Crippen molar-refractivity contribution in [2.45, 2.75) is 54.6 Å². The minimum atomic E-state index is -4.62. The highest BCUT2D eigenvalue weighted by atomic mass is 32.2. The van der Waals surface area contributed by atoms with Gasteiger partial charge < -0.3 is 14.8 Å². The Bertz CT molecular complexity index is 745. The Morgan fingerprint density at radius 3 is 2.50 bits per heavy atom. The Morgan fingerprint density at radius 1 is 1.23 bits per heavy atom. The molecule has 2 fully saturated rings. The van der Waals surface area contributed by atoms with Crippen LogP contribution in [-0.4, -0.2) is 45.1 Å². The molecular weight excluding hydrogens is 368 g/mol. The molecule has 3 rings (SSSR count). The van der Waals surface area contributed by atoms with E-state index in [1.807, 2.05) is 0 Å². The number of ether oxygens (including phenoxy) is 2. The monoisotopic (exact) mass is 389 g/mol. The Labute approximate surface area is 150 Å². The number of carbonyl (C=O) groups is 1. The van der Waals surface area contributed by atoms with Gasteiger partial charge in [0.15, 0.2) is 5.79 Å². The fraction of sp³-hybridized carbons (Fsp3) is 0.588. The summed E-state index contributed by atoms with van der Waals surface area (Å²) < 4.78 is 59.4. The van der Waals surface area contributed by atoms with E-state index in [-0.39, 0.29) is 18.4 Å². The topological polar surface area (TPSA) is 81.7 Å². The molecule has 1 spiro atoms. The van der Waals surface area contributed by atoms with Gasteiger partial charge >= 0.3 is 5.76 Å². The van der Waals surface area contributed by atoms with Crippen molar-refractivity contribution in [3.8, 4) is 0 Å². The number of carbonyl (C=O) groups excluding carboxylic acids is 1. The Hall–Kier alpha value is -1.58. The molecule has 1 aromatic carbocycles. The predicted octanol–water partition coefficient (Wildman–Crippen LogP) is 2.03. The van der Waals surface area contributed by atoms with E-state index in [1.165, 1.54) is 12.1 Å². The zero-order valence-electron chi connectivity index (χ0n) is 14.1. The number of nitrogens with one attached hydrogen (secondary N) is 1. The smallest absolute Gasteiger partial charge is 0.341 e. The molecule has 1 atom stereocenters. The van der Waals surface area contributed by atoms with Crippen molar-refractivity contribution >= 4 is 15.7 Å². The first kappa shape index (κ1) is 19.2. The lowest BCUT2D eigenvalue weighted by Crippen LogP contribution is -2.35. The molecule has 1 aliphatic heterocycles. The standard InChI is InChI=1S/C17H21F2NO5S/c18-16(19)26(22,23)14-5-3-12(4-6-14)9-15(21)20-10-13-11-24-17(25-13)7-1-2-8-17/h3-6,13,16H,1-2,7-11H2,(H,20,21)/t13-/m0/s1. The van der Waals surface area contributed by atoms with E-state index in [1.54, 1.807) is 0 Å². The molecule has 1 heterocycles. The van der Waals surface area contributed by atoms with Crippen molar-refractivity contribution in [3.05, 3.63) is 29.8 Å². The van der Waals surface area contributed by atoms with Crippen LogP contribution in [0.5, 0.6) is 0 Å². The molecular formula is C17H21F2NO5S. The van der Waals surface area contributed by atoms with Gasteiger partial charge in [0, 0.05) is 19.4 Å². The number of hydrogen-bond acceptors (Lipinski definition) is 5. The number of hydrogen-bond donors (Lipinski definition) is 1. The molecule has 26 heavy (non-hydrogen) atoms. The number of benzene rings is 1. The number of sulfone groups is 1. The van der Waals surface area contributed by atoms with Gasteiger partial charge in [0.2, 0.25) is 15.7 Å². The zero-order chi connectivity index (χ0) is 18.8. The van der Waals surface area contributed by atoms with Gasteiger partial charge in [-0.3, -0.25) is 4.79 Å². The summed E-state index contributed by atoms with van der Waals surface area (Å²) >= 11 is 0. The molecule has 0 aromatic heterocycles. The summed E-state index contributed by atoms with van der Waals surface area (Å²) in [4.78, 5) is 11.6. The van der Waals surface area contributed by atoms with Crippen LogP contribution >= 0.6 is 0 Å². The predicted molar refractivity (Wildman–Crippen MR) is 88.4 cm³/mol. The molecule has 1 amide bonds. The van der Waals surface area contributed by atoms with E-state index in [2.05, 4.69) is 5.32 Å². The van der Waals surface area contributed by atoms with Gasteiger partial charge in [-0.25, -0.2) is 8.42 Å². The van der Waals surface area contributed by atoms with Crippen LogP contribution in [-0.2, 0) is 30.5 Å². The van der Waals surface area contributed by atoms with Crippen molar-refractivity contribution in [3.63, 3.8) is 0 Å². The van der Waals surface area contributed by atoms with Gasteiger partial charge in [0.05, 0.1) is 17.9 Å². The lowest BCUT2D eigenvalue weighted by atomic mass is 10.1. The van der Waals surface area contributed by atoms with Gasteiger partial charge in [0.1, 0.15) is 6.10 Å². The summed E-state index contributed by atoms with van der Waals surface area (Å²) in [5.41, 5.74) is 0.534. The third-order valence-corrected chi connectivity index (χ3v) is 6.06. The van der Waals surface area contributed by atoms with Crippen molar-refractivity contribution in [2.24, 2.45) is 0 Å². The summed E-state index contributed by atoms with van der Waals surface area (Å²) in [6, 6.07) is 4.89. The van der Waals surface area contributed by atoms with Crippen molar-refractivity contribution in [2.75, 3.05) is 13.2 Å². The summed E-state index contributed by atoms with van der Waals surface area (Å²) in [5.74, 6) is -4.19. The molecule has 1 saturated heterocycles. The lowest BCUT2D eigenvalue weighted by Gasteiger charge is -2.21. The highest BCUT2D eigenvalue weighted by molar-refractivity contribution is 7.91. The first-order valence-corrected chi connectivity index (χ1v) is 10.0. The summed E-state index contributed by atoms with van der Waals surface area (Å²) in [6.07, 6.45) is 3.76. The first-order valence-electron chi connectivity index (χ1n) is 8.50. The molecule has 1 saturated carbocycles. The number of amides is 1. The summed E-state index contributed by atoms with van der Waals surface area (Å²) in [7, 11) is -4.62. The molecule has 2 aliphatic rings. The quantitative estimate of drug-likeness (QED) is 0.805. The number of rotatable bonds is 6. The maximum Gasteiger partial charge on any atom is 0.341 e. The molecule has 144 valence electrons. The van der Waals surface area contributed by atoms with Crippen LogP contribution < -0.4 is 5.32 Å². The Balaban J connectivity index is 1.48. The normalized spacial score (nSPS) is 22.2. The largest absolute Gasteiger partial charge is 0.353 e. The number of halogens is 2. The third kappa shape index (κ3) is 4.21. The van der Waals surface area contributed by atoms with Crippen LogP contribution in [0.2, 0.25) is 0 Å². The molecule has 1 N–H and O–H groups in total. The van der Waals surface area contributed by atoms with Crippen LogP contribution in [0, 0.1) is 0 Å². The molecule has 1 aliphatic carbocycles. The molecule has 0 unspecified atom stereocenters. The second kappa shape index (κ2) is 7.58. The van der Waals surface area contributed by atoms with Gasteiger partial charge in [0.25, 0.3) is 0 Å². The number of alkyl halides is 2. The molecule has 6 nitrogen and oxygen atoms in total. The van der Waals surface area contributed by atoms with E-state index in [0.717, 1.165) is 37.8 Å². The van der Waals surface area contributed by atoms with Crippen LogP contribution in [0.3, 0.4) is 0 Å². The molecule has 0 bridgehead atoms. The van der Waals surface area contributed by atoms with E-state index < -0.39 is 26.3 Å². The zero-order valence-corrected chi connectivity index (χ0v) is 14.9. The molecule has 0 radical (unpaired) electrons. The lowest BCUT2D eigenvalue weighted by molar-refractivity contribution is -0.161. The highest BCUT2D eigenvalue weighted by Gasteiger charge is 2.43. The minimum Gasteiger partial charge on any atom is -0.353 e. The Kier molecular flexibility index (Phi) is 5.59. The SMILES string of the molecule is O=C(Cc1ccc(S(=O)(=O)C(F)F)cc1)NC[C@H]1COC2(CCCC2)O1. The van der Waals surface area contributed by atoms with Gasteiger partial charge in [-0.2, -0.15) is 8.78 Å².